The maximum atomic E-state index is 9.96. The van der Waals surface area contributed by atoms with Crippen LogP contribution < -0.4 is 29.4 Å². The fourth-order valence-electron chi connectivity index (χ4n) is 3.83. The number of hydrogen-bond acceptors (Lipinski definition) is 8. The topological polar surface area (TPSA) is 125 Å². The van der Waals surface area contributed by atoms with Crippen molar-refractivity contribution < 1.29 is 23.7 Å². The Morgan fingerprint density at radius 3 is 2.31 bits per heavy atom. The lowest BCUT2D eigenvalue weighted by Crippen LogP contribution is -2.21. The highest BCUT2D eigenvalue weighted by Crippen LogP contribution is 2.49. The van der Waals surface area contributed by atoms with E-state index in [1.807, 2.05) is 12.1 Å². The zero-order chi connectivity index (χ0) is 22.8. The molecule has 0 radical (unpaired) electrons. The molecule has 3 aromatic rings. The summed E-state index contributed by atoms with van der Waals surface area (Å²) < 4.78 is 27.6. The number of hydrogen-bond donors (Lipinski definition) is 2. The molecule has 0 saturated carbocycles. The van der Waals surface area contributed by atoms with Crippen molar-refractivity contribution in [1.82, 2.24) is 10.2 Å². The van der Waals surface area contributed by atoms with Gasteiger partial charge in [0.25, 0.3) is 0 Å². The molecule has 2 heterocycles. The number of nitriles is 1. The van der Waals surface area contributed by atoms with E-state index < -0.39 is 5.92 Å². The van der Waals surface area contributed by atoms with Crippen LogP contribution in [0.25, 0.3) is 11.3 Å². The third-order valence-corrected chi connectivity index (χ3v) is 5.37. The molecular weight excluding hydrogens is 412 g/mol. The second-order valence-corrected chi connectivity index (χ2v) is 6.92. The van der Waals surface area contributed by atoms with Crippen LogP contribution in [0.4, 0.5) is 0 Å². The number of aromatic nitrogens is 2. The Labute approximate surface area is 184 Å². The predicted molar refractivity (Wildman–Crippen MR) is 116 cm³/mol. The van der Waals surface area contributed by atoms with E-state index in [0.29, 0.717) is 45.4 Å². The van der Waals surface area contributed by atoms with E-state index in [1.165, 1.54) is 0 Å². The van der Waals surface area contributed by atoms with Crippen molar-refractivity contribution in [2.24, 2.45) is 5.73 Å². The summed E-state index contributed by atoms with van der Waals surface area (Å²) in [5.41, 5.74) is 8.99. The predicted octanol–water partition coefficient (Wildman–Crippen LogP) is 3.33. The van der Waals surface area contributed by atoms with Gasteiger partial charge in [0.15, 0.2) is 0 Å². The van der Waals surface area contributed by atoms with Gasteiger partial charge < -0.3 is 29.4 Å². The minimum Gasteiger partial charge on any atom is -0.497 e. The molecule has 0 unspecified atom stereocenters. The fraction of sp³-hybridized carbons (Fsp3) is 0.217. The van der Waals surface area contributed by atoms with Gasteiger partial charge in [-0.3, -0.25) is 5.10 Å². The van der Waals surface area contributed by atoms with Gasteiger partial charge in [-0.2, -0.15) is 5.26 Å². The third kappa shape index (κ3) is 3.32. The molecule has 1 aliphatic rings. The van der Waals surface area contributed by atoms with Gasteiger partial charge in [-0.25, -0.2) is 0 Å². The average molecular weight is 434 g/mol. The number of ether oxygens (including phenoxy) is 5. The van der Waals surface area contributed by atoms with Crippen LogP contribution >= 0.6 is 0 Å². The van der Waals surface area contributed by atoms with Crippen molar-refractivity contribution in [3.05, 3.63) is 59.0 Å². The lowest BCUT2D eigenvalue weighted by Gasteiger charge is -2.26. The van der Waals surface area contributed by atoms with Gasteiger partial charge in [0, 0.05) is 17.2 Å². The van der Waals surface area contributed by atoms with Gasteiger partial charge in [-0.1, -0.05) is 6.07 Å². The number of aromatic amines is 1. The summed E-state index contributed by atoms with van der Waals surface area (Å²) in [5, 5.41) is 17.3. The lowest BCUT2D eigenvalue weighted by atomic mass is 9.82. The van der Waals surface area contributed by atoms with Crippen LogP contribution in [0.1, 0.15) is 17.0 Å². The Balaban J connectivity index is 2.00. The summed E-state index contributed by atoms with van der Waals surface area (Å²) in [5.74, 6) is 2.04. The smallest absolute Gasteiger partial charge is 0.244 e. The fourth-order valence-corrected chi connectivity index (χ4v) is 3.83. The van der Waals surface area contributed by atoms with E-state index in [-0.39, 0.29) is 17.3 Å². The van der Waals surface area contributed by atoms with Crippen LogP contribution in [0.2, 0.25) is 0 Å². The van der Waals surface area contributed by atoms with Crippen molar-refractivity contribution in [2.45, 2.75) is 5.92 Å². The average Bonchev–Trinajstić information content (AvgIpc) is 3.25. The number of nitrogens with two attached hydrogens (primary N) is 1. The van der Waals surface area contributed by atoms with Crippen molar-refractivity contribution in [2.75, 3.05) is 28.4 Å². The number of nitrogens with one attached hydrogen (secondary N) is 1. The van der Waals surface area contributed by atoms with E-state index >= 15 is 0 Å². The minimum atomic E-state index is -0.603. The first kappa shape index (κ1) is 20.9. The van der Waals surface area contributed by atoms with Crippen LogP contribution in [0.5, 0.6) is 28.9 Å². The van der Waals surface area contributed by atoms with Crippen LogP contribution in [-0.2, 0) is 0 Å². The standard InChI is InChI=1S/C23H22N4O5/c1-28-12-6-8-17(30-3)15(9-12)21-20-19(14-7-5-13(29-2)10-18(14)31-4)16(11-24)22(25)32-23(20)27-26-21/h5-10,19H,25H2,1-4H3,(H,26,27)/t19-/m0/s1. The van der Waals surface area contributed by atoms with Crippen LogP contribution in [0, 0.1) is 11.3 Å². The van der Waals surface area contributed by atoms with Gasteiger partial charge >= 0.3 is 0 Å². The first-order valence-electron chi connectivity index (χ1n) is 9.66. The molecule has 0 spiro atoms. The van der Waals surface area contributed by atoms with Crippen molar-refractivity contribution >= 4 is 0 Å². The molecule has 1 aromatic heterocycles. The minimum absolute atomic E-state index is 0.0153. The normalized spacial score (nSPS) is 14.8. The number of methoxy groups -OCH3 is 4. The summed E-state index contributed by atoms with van der Waals surface area (Å²) in [6.07, 6.45) is 0. The molecular formula is C23H22N4O5. The highest BCUT2D eigenvalue weighted by molar-refractivity contribution is 5.76. The maximum Gasteiger partial charge on any atom is 0.244 e. The zero-order valence-corrected chi connectivity index (χ0v) is 18.1. The summed E-state index contributed by atoms with van der Waals surface area (Å²) in [7, 11) is 6.29. The molecule has 1 aliphatic heterocycles. The largest absolute Gasteiger partial charge is 0.497 e. The summed E-state index contributed by atoms with van der Waals surface area (Å²) >= 11 is 0. The summed E-state index contributed by atoms with van der Waals surface area (Å²) in [6.45, 7) is 0. The monoisotopic (exact) mass is 434 g/mol. The SMILES string of the molecule is COc1ccc([C@H]2C(C#N)=C(N)Oc3n[nH]c(-c4cc(OC)ccc4OC)c32)c(OC)c1. The molecule has 9 heteroatoms. The molecule has 0 amide bonds. The van der Waals surface area contributed by atoms with Crippen molar-refractivity contribution in [3.63, 3.8) is 0 Å². The lowest BCUT2D eigenvalue weighted by molar-refractivity contribution is 0.373. The highest BCUT2D eigenvalue weighted by atomic mass is 16.5. The van der Waals surface area contributed by atoms with Crippen LogP contribution in [0.3, 0.4) is 0 Å². The van der Waals surface area contributed by atoms with Crippen molar-refractivity contribution in [3.8, 4) is 46.2 Å². The third-order valence-electron chi connectivity index (χ3n) is 5.37. The Morgan fingerprint density at radius 2 is 1.66 bits per heavy atom. The summed E-state index contributed by atoms with van der Waals surface area (Å²) in [6, 6.07) is 13.0. The molecule has 2 aromatic carbocycles. The van der Waals surface area contributed by atoms with Gasteiger partial charge in [0.2, 0.25) is 11.8 Å². The molecule has 0 fully saturated rings. The van der Waals surface area contributed by atoms with Gasteiger partial charge in [0.05, 0.1) is 45.6 Å². The number of benzene rings is 2. The first-order valence-corrected chi connectivity index (χ1v) is 9.66. The zero-order valence-electron chi connectivity index (χ0n) is 18.1. The Kier molecular flexibility index (Phi) is 5.52. The molecule has 3 N–H and O–H groups in total. The molecule has 1 atom stereocenters. The van der Waals surface area contributed by atoms with Crippen LogP contribution in [0.15, 0.2) is 47.9 Å². The quantitative estimate of drug-likeness (QED) is 0.605. The molecule has 4 rings (SSSR count). The molecule has 0 bridgehead atoms. The number of nitrogens with zero attached hydrogens (tertiary/aromatic N) is 2. The number of rotatable bonds is 6. The van der Waals surface area contributed by atoms with E-state index in [0.717, 1.165) is 0 Å². The van der Waals surface area contributed by atoms with Crippen LogP contribution in [-0.4, -0.2) is 38.6 Å². The maximum absolute atomic E-state index is 9.96. The Hall–Kier alpha value is -4.32. The molecule has 32 heavy (non-hydrogen) atoms. The molecule has 9 nitrogen and oxygen atoms in total. The van der Waals surface area contributed by atoms with E-state index in [1.54, 1.807) is 52.7 Å². The second-order valence-electron chi connectivity index (χ2n) is 6.92. The molecule has 0 saturated heterocycles. The number of H-pyrrole nitrogens is 1. The first-order chi connectivity index (χ1) is 15.6. The van der Waals surface area contributed by atoms with Gasteiger partial charge in [0.1, 0.15) is 34.6 Å². The Bertz CT molecular complexity index is 1240. The van der Waals surface area contributed by atoms with Gasteiger partial charge in [-0.15, -0.1) is 5.10 Å². The molecule has 164 valence electrons. The number of fused-ring (bicyclic) bond motifs is 1. The van der Waals surface area contributed by atoms with Crippen molar-refractivity contribution in [1.29, 1.82) is 5.26 Å². The van der Waals surface area contributed by atoms with E-state index in [4.69, 9.17) is 29.4 Å². The number of allylic oxidation sites excluding steroid dienone is 1. The highest BCUT2D eigenvalue weighted by Gasteiger charge is 2.37. The van der Waals surface area contributed by atoms with E-state index in [2.05, 4.69) is 16.3 Å². The Morgan fingerprint density at radius 1 is 0.969 bits per heavy atom. The van der Waals surface area contributed by atoms with Gasteiger partial charge in [-0.05, 0) is 24.3 Å². The second kappa shape index (κ2) is 8.43. The van der Waals surface area contributed by atoms with E-state index in [9.17, 15) is 5.26 Å². The molecule has 0 aliphatic carbocycles. The summed E-state index contributed by atoms with van der Waals surface area (Å²) in [4.78, 5) is 0.